The van der Waals surface area contributed by atoms with Crippen LogP contribution in [0.25, 0.3) is 5.82 Å². The van der Waals surface area contributed by atoms with Crippen molar-refractivity contribution < 1.29 is 0 Å². The fourth-order valence-corrected chi connectivity index (χ4v) is 3.43. The van der Waals surface area contributed by atoms with Crippen LogP contribution in [0.15, 0.2) is 43.1 Å². The summed E-state index contributed by atoms with van der Waals surface area (Å²) in [4.78, 5) is 11.5. The molecule has 0 saturated carbocycles. The van der Waals surface area contributed by atoms with Gasteiger partial charge in [0.05, 0.1) is 17.9 Å². The standard InChI is InChI=1S/C18H22N6/c1-14-15(11-20-22(14)2)12-23-9-4-6-17(23)16-5-3-7-18(21-16)24-10-8-19-13-24/h3,5,7-8,10-11,13,17H,4,6,9,12H2,1-2H3/t17-/m1/s1. The average Bonchev–Trinajstić information content (AvgIpc) is 3.34. The molecular weight excluding hydrogens is 300 g/mol. The summed E-state index contributed by atoms with van der Waals surface area (Å²) in [6.07, 6.45) is 9.84. The molecule has 0 aromatic carbocycles. The topological polar surface area (TPSA) is 51.8 Å². The maximum Gasteiger partial charge on any atom is 0.138 e. The molecule has 4 heterocycles. The lowest BCUT2D eigenvalue weighted by Crippen LogP contribution is -2.24. The molecule has 1 saturated heterocycles. The van der Waals surface area contributed by atoms with Gasteiger partial charge in [-0.25, -0.2) is 9.97 Å². The van der Waals surface area contributed by atoms with Crippen molar-refractivity contribution in [3.05, 3.63) is 60.1 Å². The van der Waals surface area contributed by atoms with Gasteiger partial charge in [-0.05, 0) is 38.4 Å². The van der Waals surface area contributed by atoms with E-state index >= 15 is 0 Å². The molecule has 4 rings (SSSR count). The summed E-state index contributed by atoms with van der Waals surface area (Å²) in [7, 11) is 2.00. The molecular formula is C18H22N6. The Labute approximate surface area is 141 Å². The second-order valence-electron chi connectivity index (χ2n) is 6.40. The van der Waals surface area contributed by atoms with Crippen molar-refractivity contribution in [2.45, 2.75) is 32.4 Å². The van der Waals surface area contributed by atoms with Crippen LogP contribution < -0.4 is 0 Å². The Hall–Kier alpha value is -2.47. The molecule has 1 fully saturated rings. The number of imidazole rings is 1. The van der Waals surface area contributed by atoms with Gasteiger partial charge in [0.25, 0.3) is 0 Å². The van der Waals surface area contributed by atoms with E-state index in [4.69, 9.17) is 4.98 Å². The summed E-state index contributed by atoms with van der Waals surface area (Å²) < 4.78 is 3.90. The van der Waals surface area contributed by atoms with Crippen molar-refractivity contribution in [2.24, 2.45) is 7.05 Å². The highest BCUT2D eigenvalue weighted by molar-refractivity contribution is 5.26. The first-order valence-corrected chi connectivity index (χ1v) is 8.39. The van der Waals surface area contributed by atoms with Crippen LogP contribution in [0, 0.1) is 6.92 Å². The molecule has 24 heavy (non-hydrogen) atoms. The van der Waals surface area contributed by atoms with Crippen LogP contribution in [-0.4, -0.2) is 35.8 Å². The second-order valence-corrected chi connectivity index (χ2v) is 6.40. The quantitative estimate of drug-likeness (QED) is 0.741. The average molecular weight is 322 g/mol. The van der Waals surface area contributed by atoms with Gasteiger partial charge in [-0.15, -0.1) is 0 Å². The SMILES string of the molecule is Cc1c(CN2CCC[C@@H]2c2cccc(-n3ccnc3)n2)cnn1C. The monoisotopic (exact) mass is 322 g/mol. The first-order valence-electron chi connectivity index (χ1n) is 8.39. The third-order valence-electron chi connectivity index (χ3n) is 4.94. The van der Waals surface area contributed by atoms with E-state index in [0.717, 1.165) is 31.0 Å². The first-order chi connectivity index (χ1) is 11.7. The minimum absolute atomic E-state index is 0.369. The van der Waals surface area contributed by atoms with Gasteiger partial charge in [0.2, 0.25) is 0 Å². The first kappa shape index (κ1) is 15.1. The molecule has 0 N–H and O–H groups in total. The number of hydrogen-bond acceptors (Lipinski definition) is 4. The Balaban J connectivity index is 1.59. The number of nitrogens with zero attached hydrogens (tertiary/aromatic N) is 6. The van der Waals surface area contributed by atoms with Crippen LogP contribution in [0.3, 0.4) is 0 Å². The lowest BCUT2D eigenvalue weighted by molar-refractivity contribution is 0.244. The van der Waals surface area contributed by atoms with Crippen molar-refractivity contribution in [2.75, 3.05) is 6.54 Å². The van der Waals surface area contributed by atoms with E-state index in [-0.39, 0.29) is 0 Å². The molecule has 6 heteroatoms. The Morgan fingerprint density at radius 2 is 2.21 bits per heavy atom. The summed E-state index contributed by atoms with van der Waals surface area (Å²) in [6, 6.07) is 6.62. The highest BCUT2D eigenvalue weighted by Gasteiger charge is 2.28. The summed E-state index contributed by atoms with van der Waals surface area (Å²) >= 11 is 0. The molecule has 1 aliphatic heterocycles. The Kier molecular flexibility index (Phi) is 3.90. The second kappa shape index (κ2) is 6.20. The molecule has 0 bridgehead atoms. The number of hydrogen-bond donors (Lipinski definition) is 0. The zero-order valence-corrected chi connectivity index (χ0v) is 14.1. The summed E-state index contributed by atoms with van der Waals surface area (Å²) in [5.74, 6) is 0.925. The lowest BCUT2D eigenvalue weighted by Gasteiger charge is -2.24. The molecule has 1 atom stereocenters. The van der Waals surface area contributed by atoms with Crippen LogP contribution >= 0.6 is 0 Å². The van der Waals surface area contributed by atoms with Crippen molar-refractivity contribution in [3.63, 3.8) is 0 Å². The van der Waals surface area contributed by atoms with E-state index in [1.165, 1.54) is 17.7 Å². The lowest BCUT2D eigenvalue weighted by atomic mass is 10.1. The van der Waals surface area contributed by atoms with Gasteiger partial charge < -0.3 is 0 Å². The number of likely N-dealkylation sites (tertiary alicyclic amines) is 1. The van der Waals surface area contributed by atoms with Crippen molar-refractivity contribution >= 4 is 0 Å². The predicted molar refractivity (Wildman–Crippen MR) is 91.7 cm³/mol. The zero-order valence-electron chi connectivity index (χ0n) is 14.1. The summed E-state index contributed by atoms with van der Waals surface area (Å²) in [5.41, 5.74) is 3.68. The van der Waals surface area contributed by atoms with E-state index in [1.807, 2.05) is 34.8 Å². The van der Waals surface area contributed by atoms with Gasteiger partial charge in [0.15, 0.2) is 0 Å². The molecule has 0 amide bonds. The third kappa shape index (κ3) is 2.73. The van der Waals surface area contributed by atoms with Gasteiger partial charge >= 0.3 is 0 Å². The van der Waals surface area contributed by atoms with E-state index in [1.54, 1.807) is 12.5 Å². The molecule has 0 spiro atoms. The minimum Gasteiger partial charge on any atom is -0.291 e. The molecule has 124 valence electrons. The summed E-state index contributed by atoms with van der Waals surface area (Å²) in [5, 5.41) is 4.37. The van der Waals surface area contributed by atoms with Crippen LogP contribution in [0.4, 0.5) is 0 Å². The van der Waals surface area contributed by atoms with Crippen LogP contribution in [0.5, 0.6) is 0 Å². The minimum atomic E-state index is 0.369. The fourth-order valence-electron chi connectivity index (χ4n) is 3.43. The molecule has 0 unspecified atom stereocenters. The molecule has 0 aliphatic carbocycles. The highest BCUT2D eigenvalue weighted by atomic mass is 15.3. The molecule has 3 aromatic heterocycles. The number of pyridine rings is 1. The van der Waals surface area contributed by atoms with Gasteiger partial charge in [0.1, 0.15) is 12.1 Å². The van der Waals surface area contributed by atoms with Gasteiger partial charge in [0, 0.05) is 37.2 Å². The van der Waals surface area contributed by atoms with Gasteiger partial charge in [-0.1, -0.05) is 6.07 Å². The van der Waals surface area contributed by atoms with E-state index in [9.17, 15) is 0 Å². The van der Waals surface area contributed by atoms with Crippen LogP contribution in [0.2, 0.25) is 0 Å². The Bertz CT molecular complexity index is 820. The van der Waals surface area contributed by atoms with E-state index < -0.39 is 0 Å². The number of aryl methyl sites for hydroxylation is 1. The van der Waals surface area contributed by atoms with Crippen molar-refractivity contribution in [3.8, 4) is 5.82 Å². The molecule has 0 radical (unpaired) electrons. The van der Waals surface area contributed by atoms with Crippen molar-refractivity contribution in [1.29, 1.82) is 0 Å². The number of rotatable bonds is 4. The largest absolute Gasteiger partial charge is 0.291 e. The Morgan fingerprint density at radius 3 is 2.96 bits per heavy atom. The molecule has 6 nitrogen and oxygen atoms in total. The summed E-state index contributed by atoms with van der Waals surface area (Å²) in [6.45, 7) is 4.17. The molecule has 3 aromatic rings. The van der Waals surface area contributed by atoms with Gasteiger partial charge in [-0.2, -0.15) is 5.10 Å². The van der Waals surface area contributed by atoms with Gasteiger partial charge in [-0.3, -0.25) is 14.1 Å². The zero-order chi connectivity index (χ0) is 16.5. The fraction of sp³-hybridized carbons (Fsp3) is 0.389. The van der Waals surface area contributed by atoms with Crippen LogP contribution in [-0.2, 0) is 13.6 Å². The smallest absolute Gasteiger partial charge is 0.138 e. The predicted octanol–water partition coefficient (Wildman–Crippen LogP) is 2.65. The number of aromatic nitrogens is 5. The Morgan fingerprint density at radius 1 is 1.29 bits per heavy atom. The maximum atomic E-state index is 4.88. The molecule has 1 aliphatic rings. The van der Waals surface area contributed by atoms with Crippen LogP contribution in [0.1, 0.15) is 35.8 Å². The van der Waals surface area contributed by atoms with E-state index in [0.29, 0.717) is 6.04 Å². The normalized spacial score (nSPS) is 18.3. The third-order valence-corrected chi connectivity index (χ3v) is 4.94. The van der Waals surface area contributed by atoms with Crippen molar-refractivity contribution in [1.82, 2.24) is 29.2 Å². The highest BCUT2D eigenvalue weighted by Crippen LogP contribution is 2.32. The maximum absolute atomic E-state index is 4.88. The van der Waals surface area contributed by atoms with E-state index in [2.05, 4.69) is 34.0 Å².